The zero-order chi connectivity index (χ0) is 18.6. The molecule has 27 heavy (non-hydrogen) atoms. The Balaban J connectivity index is 1.37. The second kappa shape index (κ2) is 8.38. The number of nitrogens with zero attached hydrogens (tertiary/aromatic N) is 5. The van der Waals surface area contributed by atoms with Crippen LogP contribution in [0.5, 0.6) is 0 Å². The van der Waals surface area contributed by atoms with Crippen LogP contribution in [0.1, 0.15) is 57.8 Å². The molecule has 0 unspecified atom stereocenters. The maximum atomic E-state index is 5.50. The summed E-state index contributed by atoms with van der Waals surface area (Å²) in [6, 6.07) is 4.78. The largest absolute Gasteiger partial charge is 0.357 e. The van der Waals surface area contributed by atoms with Crippen molar-refractivity contribution < 1.29 is 4.52 Å². The third-order valence-corrected chi connectivity index (χ3v) is 6.16. The van der Waals surface area contributed by atoms with Gasteiger partial charge in [0.15, 0.2) is 0 Å². The maximum Gasteiger partial charge on any atom is 0.241 e. The summed E-state index contributed by atoms with van der Waals surface area (Å²) < 4.78 is 5.50. The van der Waals surface area contributed by atoms with Gasteiger partial charge in [0, 0.05) is 30.9 Å². The van der Waals surface area contributed by atoms with Gasteiger partial charge < -0.3 is 9.42 Å². The van der Waals surface area contributed by atoms with E-state index in [1.54, 1.807) is 0 Å². The van der Waals surface area contributed by atoms with Gasteiger partial charge in [0.2, 0.25) is 11.7 Å². The van der Waals surface area contributed by atoms with Crippen LogP contribution in [0.4, 0.5) is 5.82 Å². The van der Waals surface area contributed by atoms with Crippen molar-refractivity contribution in [2.45, 2.75) is 64.5 Å². The first kappa shape index (κ1) is 18.4. The number of hydrogen-bond acceptors (Lipinski definition) is 6. The van der Waals surface area contributed by atoms with Crippen molar-refractivity contribution in [2.75, 3.05) is 25.0 Å². The second-order valence-electron chi connectivity index (χ2n) is 8.29. The van der Waals surface area contributed by atoms with Crippen LogP contribution in [0, 0.1) is 5.92 Å². The molecule has 1 saturated heterocycles. The predicted molar refractivity (Wildman–Crippen MR) is 106 cm³/mol. The Morgan fingerprint density at radius 1 is 1.11 bits per heavy atom. The number of pyridine rings is 1. The molecule has 0 atom stereocenters. The monoisotopic (exact) mass is 369 g/mol. The van der Waals surface area contributed by atoms with Crippen molar-refractivity contribution in [2.24, 2.45) is 5.92 Å². The van der Waals surface area contributed by atoms with E-state index in [1.807, 2.05) is 6.20 Å². The van der Waals surface area contributed by atoms with E-state index < -0.39 is 0 Å². The summed E-state index contributed by atoms with van der Waals surface area (Å²) in [5.41, 5.74) is 0.916. The first-order chi connectivity index (χ1) is 13.2. The van der Waals surface area contributed by atoms with E-state index in [4.69, 9.17) is 4.52 Å². The highest BCUT2D eigenvalue weighted by molar-refractivity contribution is 5.55. The highest BCUT2D eigenvalue weighted by Crippen LogP contribution is 2.25. The van der Waals surface area contributed by atoms with Crippen molar-refractivity contribution in [3.63, 3.8) is 0 Å². The Hall–Kier alpha value is -1.95. The Morgan fingerprint density at radius 2 is 1.89 bits per heavy atom. The molecule has 4 rings (SSSR count). The summed E-state index contributed by atoms with van der Waals surface area (Å²) in [6.45, 7) is 5.23. The molecule has 6 heteroatoms. The average Bonchev–Trinajstić information content (AvgIpc) is 3.18. The van der Waals surface area contributed by atoms with Gasteiger partial charge in [-0.2, -0.15) is 4.98 Å². The van der Waals surface area contributed by atoms with Crippen molar-refractivity contribution >= 4 is 5.82 Å². The molecule has 3 heterocycles. The second-order valence-corrected chi connectivity index (χ2v) is 8.29. The quantitative estimate of drug-likeness (QED) is 0.790. The van der Waals surface area contributed by atoms with Crippen LogP contribution >= 0.6 is 0 Å². The number of piperidine rings is 1. The maximum absolute atomic E-state index is 5.50. The molecule has 0 spiro atoms. The Labute approximate surface area is 162 Å². The van der Waals surface area contributed by atoms with Gasteiger partial charge in [-0.25, -0.2) is 4.98 Å². The predicted octanol–water partition coefficient (Wildman–Crippen LogP) is 4.13. The van der Waals surface area contributed by atoms with E-state index >= 15 is 0 Å². The van der Waals surface area contributed by atoms with Gasteiger partial charge in [0.25, 0.3) is 0 Å². The van der Waals surface area contributed by atoms with Gasteiger partial charge in [-0.3, -0.25) is 4.90 Å². The molecule has 0 bridgehead atoms. The van der Waals surface area contributed by atoms with Crippen molar-refractivity contribution in [1.82, 2.24) is 20.0 Å². The van der Waals surface area contributed by atoms with Crippen molar-refractivity contribution in [1.29, 1.82) is 0 Å². The van der Waals surface area contributed by atoms with Crippen LogP contribution < -0.4 is 4.90 Å². The molecule has 1 saturated carbocycles. The number of aromatic nitrogens is 3. The molecule has 146 valence electrons. The molecular weight excluding hydrogens is 338 g/mol. The summed E-state index contributed by atoms with van der Waals surface area (Å²) in [6.07, 6.45) is 10.9. The highest BCUT2D eigenvalue weighted by Gasteiger charge is 2.21. The minimum absolute atomic E-state index is 0.633. The van der Waals surface area contributed by atoms with Crippen LogP contribution in [-0.2, 0) is 6.54 Å². The van der Waals surface area contributed by atoms with E-state index in [0.717, 1.165) is 36.9 Å². The molecule has 2 aromatic heterocycles. The molecule has 0 aromatic carbocycles. The van der Waals surface area contributed by atoms with Gasteiger partial charge >= 0.3 is 0 Å². The third kappa shape index (κ3) is 4.49. The Kier molecular flexibility index (Phi) is 5.72. The zero-order valence-corrected chi connectivity index (χ0v) is 16.6. The van der Waals surface area contributed by atoms with Gasteiger partial charge in [-0.15, -0.1) is 0 Å². The minimum Gasteiger partial charge on any atom is -0.357 e. The van der Waals surface area contributed by atoms with E-state index in [0.29, 0.717) is 17.8 Å². The molecule has 2 aliphatic rings. The lowest BCUT2D eigenvalue weighted by atomic mass is 9.94. The van der Waals surface area contributed by atoms with E-state index in [1.165, 1.54) is 44.9 Å². The average molecular weight is 370 g/mol. The van der Waals surface area contributed by atoms with Crippen LogP contribution in [0.3, 0.4) is 0 Å². The third-order valence-electron chi connectivity index (χ3n) is 6.16. The van der Waals surface area contributed by atoms with Gasteiger partial charge in [0.1, 0.15) is 5.82 Å². The zero-order valence-electron chi connectivity index (χ0n) is 16.6. The fourth-order valence-corrected chi connectivity index (χ4v) is 4.24. The molecule has 1 aliphatic heterocycles. The molecule has 2 fully saturated rings. The number of anilines is 1. The lowest BCUT2D eigenvalue weighted by molar-refractivity contribution is 0.165. The first-order valence-corrected chi connectivity index (χ1v) is 10.4. The Bertz CT molecular complexity index is 714. The van der Waals surface area contributed by atoms with Gasteiger partial charge in [0.05, 0.1) is 6.54 Å². The molecular formula is C21H31N5O. The van der Waals surface area contributed by atoms with Crippen LogP contribution in [-0.4, -0.2) is 46.2 Å². The van der Waals surface area contributed by atoms with Crippen LogP contribution in [0.2, 0.25) is 0 Å². The normalized spacial score (nSPS) is 19.7. The summed E-state index contributed by atoms with van der Waals surface area (Å²) in [7, 11) is 2.16. The Morgan fingerprint density at radius 3 is 2.59 bits per heavy atom. The van der Waals surface area contributed by atoms with Gasteiger partial charge in [-0.1, -0.05) is 31.3 Å². The highest BCUT2D eigenvalue weighted by atomic mass is 16.5. The number of rotatable bonds is 5. The van der Waals surface area contributed by atoms with Gasteiger partial charge in [-0.05, 0) is 50.8 Å². The summed E-state index contributed by atoms with van der Waals surface area (Å²) >= 11 is 0. The van der Waals surface area contributed by atoms with Crippen LogP contribution in [0.25, 0.3) is 11.4 Å². The summed E-state index contributed by atoms with van der Waals surface area (Å²) in [5.74, 6) is 3.19. The van der Waals surface area contributed by atoms with Crippen LogP contribution in [0.15, 0.2) is 22.9 Å². The van der Waals surface area contributed by atoms with Crippen molar-refractivity contribution in [3.8, 4) is 11.4 Å². The molecule has 2 aromatic rings. The minimum atomic E-state index is 0.633. The molecule has 6 nitrogen and oxygen atoms in total. The summed E-state index contributed by atoms with van der Waals surface area (Å²) in [4.78, 5) is 14.0. The SMILES string of the molecule is CC1CCN(c2ccc(-c3noc(CN(C)C4CCCCC4)n3)cn2)CC1. The smallest absolute Gasteiger partial charge is 0.241 e. The van der Waals surface area contributed by atoms with E-state index in [9.17, 15) is 0 Å². The number of hydrogen-bond donors (Lipinski definition) is 0. The lowest BCUT2D eigenvalue weighted by Crippen LogP contribution is -2.33. The molecule has 0 amide bonds. The first-order valence-electron chi connectivity index (χ1n) is 10.4. The lowest BCUT2D eigenvalue weighted by Gasteiger charge is -2.31. The topological polar surface area (TPSA) is 58.3 Å². The van der Waals surface area contributed by atoms with E-state index in [2.05, 4.69) is 51.0 Å². The van der Waals surface area contributed by atoms with Crippen molar-refractivity contribution in [3.05, 3.63) is 24.2 Å². The standard InChI is InChI=1S/C21H31N5O/c1-16-10-12-26(13-11-16)19-9-8-17(14-22-19)21-23-20(27-24-21)15-25(2)18-6-4-3-5-7-18/h8-9,14,16,18H,3-7,10-13,15H2,1-2H3. The van der Waals surface area contributed by atoms with E-state index in [-0.39, 0.29) is 0 Å². The molecule has 0 radical (unpaired) electrons. The summed E-state index contributed by atoms with van der Waals surface area (Å²) in [5, 5.41) is 4.17. The fraction of sp³-hybridized carbons (Fsp3) is 0.667. The fourth-order valence-electron chi connectivity index (χ4n) is 4.24. The molecule has 1 aliphatic carbocycles. The molecule has 0 N–H and O–H groups in total.